The van der Waals surface area contributed by atoms with Gasteiger partial charge in [0.05, 0.1) is 29.4 Å². The summed E-state index contributed by atoms with van der Waals surface area (Å²) in [7, 11) is 2.02. The van der Waals surface area contributed by atoms with Crippen LogP contribution >= 0.6 is 0 Å². The van der Waals surface area contributed by atoms with Crippen molar-refractivity contribution in [3.63, 3.8) is 0 Å². The molecule has 0 radical (unpaired) electrons. The van der Waals surface area contributed by atoms with Crippen molar-refractivity contribution in [1.29, 1.82) is 0 Å². The van der Waals surface area contributed by atoms with E-state index in [9.17, 15) is 22.8 Å². The molecule has 9 nitrogen and oxygen atoms in total. The summed E-state index contributed by atoms with van der Waals surface area (Å²) in [5, 5.41) is 5.50. The highest BCUT2D eigenvalue weighted by Gasteiger charge is 2.46. The molecule has 218 valence electrons. The Morgan fingerprint density at radius 1 is 1.12 bits per heavy atom. The Bertz CT molecular complexity index is 1340. The maximum Gasteiger partial charge on any atom is 0.416 e. The number of anilines is 1. The zero-order valence-corrected chi connectivity index (χ0v) is 23.6. The third-order valence-electron chi connectivity index (χ3n) is 8.13. The number of fused-ring (bicyclic) bond motifs is 5. The molecule has 2 unspecified atom stereocenters. The quantitative estimate of drug-likeness (QED) is 0.593. The van der Waals surface area contributed by atoms with Gasteiger partial charge in [0.1, 0.15) is 5.60 Å². The van der Waals surface area contributed by atoms with Gasteiger partial charge in [0, 0.05) is 44.6 Å². The Labute approximate surface area is 231 Å². The topological polar surface area (TPSA) is 82.9 Å². The van der Waals surface area contributed by atoms with Crippen molar-refractivity contribution in [2.75, 3.05) is 50.1 Å². The smallest absolute Gasteiger partial charge is 0.416 e. The molecule has 2 aromatic rings. The van der Waals surface area contributed by atoms with E-state index in [0.717, 1.165) is 18.6 Å². The van der Waals surface area contributed by atoms with E-state index in [-0.39, 0.29) is 18.1 Å². The Balaban J connectivity index is 1.58. The molecule has 3 aliphatic heterocycles. The van der Waals surface area contributed by atoms with Crippen molar-refractivity contribution in [1.82, 2.24) is 19.5 Å². The predicted molar refractivity (Wildman–Crippen MR) is 145 cm³/mol. The molecule has 0 saturated carbocycles. The Kier molecular flexibility index (Phi) is 7.04. The number of amides is 1. The number of rotatable bonds is 2. The standard InChI is InChI=1S/C28H37F3N6O3/c1-6-27-16-34(5)13-14-36(17-27)37-23(38)20-15-35(25(39)40-26(2,3)4)12-11-21(20)32-24(37)33-22(27)18-7-9-19(10-8-18)28(29,30)31/h7-10,22H,6,11-17H2,1-5H3,(H,32,33). The number of benzene rings is 1. The second-order valence-corrected chi connectivity index (χ2v) is 12.2. The van der Waals surface area contributed by atoms with E-state index >= 15 is 0 Å². The van der Waals surface area contributed by atoms with Gasteiger partial charge in [0.2, 0.25) is 5.95 Å². The normalized spacial score (nSPS) is 23.4. The molecule has 2 atom stereocenters. The summed E-state index contributed by atoms with van der Waals surface area (Å²) < 4.78 is 47.1. The first-order valence-corrected chi connectivity index (χ1v) is 13.7. The summed E-state index contributed by atoms with van der Waals surface area (Å²) in [6.45, 7) is 10.4. The van der Waals surface area contributed by atoms with Crippen LogP contribution in [0.2, 0.25) is 0 Å². The fraction of sp³-hybridized carbons (Fsp3) is 0.607. The second-order valence-electron chi connectivity index (χ2n) is 12.2. The molecule has 2 bridgehead atoms. The third kappa shape index (κ3) is 5.25. The highest BCUT2D eigenvalue weighted by molar-refractivity contribution is 5.68. The Morgan fingerprint density at radius 2 is 1.82 bits per heavy atom. The number of halogens is 3. The molecule has 5 rings (SSSR count). The minimum absolute atomic E-state index is 0.103. The molecular formula is C28H37F3N6O3. The number of nitrogens with one attached hydrogen (secondary N) is 1. The minimum atomic E-state index is -4.43. The van der Waals surface area contributed by atoms with Gasteiger partial charge >= 0.3 is 12.3 Å². The van der Waals surface area contributed by atoms with Crippen LogP contribution in [0.15, 0.2) is 29.1 Å². The summed E-state index contributed by atoms with van der Waals surface area (Å²) in [4.78, 5) is 35.5. The lowest BCUT2D eigenvalue weighted by atomic mass is 9.74. The van der Waals surface area contributed by atoms with E-state index in [1.165, 1.54) is 17.0 Å². The maximum absolute atomic E-state index is 14.1. The summed E-state index contributed by atoms with van der Waals surface area (Å²) in [6.07, 6.45) is -3.78. The average Bonchev–Trinajstić information content (AvgIpc) is 3.13. The van der Waals surface area contributed by atoms with Crippen molar-refractivity contribution >= 4 is 12.0 Å². The SMILES string of the molecule is CCC12CN(C)CCN(C1)n1c(nc3c(c1=O)CN(C(=O)OC(C)(C)C)CC3)NC2c1ccc(C(F)(F)F)cc1. The van der Waals surface area contributed by atoms with Crippen molar-refractivity contribution in [3.05, 3.63) is 57.0 Å². The van der Waals surface area contributed by atoms with Gasteiger partial charge in [-0.15, -0.1) is 0 Å². The highest BCUT2D eigenvalue weighted by atomic mass is 19.4. The fourth-order valence-electron chi connectivity index (χ4n) is 6.06. The number of likely N-dealkylation sites (N-methyl/N-ethyl adjacent to an activating group) is 1. The maximum atomic E-state index is 14.1. The van der Waals surface area contributed by atoms with Gasteiger partial charge in [0.15, 0.2) is 0 Å². The van der Waals surface area contributed by atoms with Crippen molar-refractivity contribution in [2.24, 2.45) is 5.41 Å². The lowest BCUT2D eigenvalue weighted by Gasteiger charge is -2.41. The van der Waals surface area contributed by atoms with E-state index in [0.29, 0.717) is 61.9 Å². The fourth-order valence-corrected chi connectivity index (χ4v) is 6.06. The number of hydrogen-bond donors (Lipinski definition) is 1. The molecule has 12 heteroatoms. The summed E-state index contributed by atoms with van der Waals surface area (Å²) in [6, 6.07) is 4.89. The van der Waals surface area contributed by atoms with Gasteiger partial charge in [-0.05, 0) is 51.9 Å². The van der Waals surface area contributed by atoms with Crippen molar-refractivity contribution < 1.29 is 22.7 Å². The van der Waals surface area contributed by atoms with Crippen LogP contribution in [0.3, 0.4) is 0 Å². The first-order valence-electron chi connectivity index (χ1n) is 13.7. The molecule has 40 heavy (non-hydrogen) atoms. The molecule has 1 aromatic carbocycles. The summed E-state index contributed by atoms with van der Waals surface area (Å²) in [5.41, 5.74) is -0.243. The summed E-state index contributed by atoms with van der Waals surface area (Å²) >= 11 is 0. The number of carbonyl (C=O) groups is 1. The first-order chi connectivity index (χ1) is 18.7. The van der Waals surface area contributed by atoms with Crippen LogP contribution in [0.1, 0.15) is 62.5 Å². The van der Waals surface area contributed by atoms with Crippen molar-refractivity contribution in [3.8, 4) is 0 Å². The first kappa shape index (κ1) is 28.3. The number of ether oxygens (including phenoxy) is 1. The molecule has 0 aliphatic carbocycles. The molecule has 1 aromatic heterocycles. The van der Waals surface area contributed by atoms with Crippen LogP contribution in [0.25, 0.3) is 0 Å². The van der Waals surface area contributed by atoms with Crippen molar-refractivity contribution in [2.45, 2.75) is 64.9 Å². The van der Waals surface area contributed by atoms with E-state index in [1.54, 1.807) is 25.4 Å². The monoisotopic (exact) mass is 562 g/mol. The minimum Gasteiger partial charge on any atom is -0.444 e. The lowest BCUT2D eigenvalue weighted by Crippen LogP contribution is -2.50. The van der Waals surface area contributed by atoms with Crippen LogP contribution in [-0.2, 0) is 23.9 Å². The number of nitrogens with zero attached hydrogens (tertiary/aromatic N) is 5. The number of aromatic nitrogens is 2. The zero-order valence-electron chi connectivity index (χ0n) is 23.6. The van der Waals surface area contributed by atoms with E-state index in [1.807, 2.05) is 12.1 Å². The molecule has 1 amide bonds. The van der Waals surface area contributed by atoms with E-state index < -0.39 is 28.8 Å². The number of alkyl halides is 3. The lowest BCUT2D eigenvalue weighted by molar-refractivity contribution is -0.137. The van der Waals surface area contributed by atoms with Crippen LogP contribution < -0.4 is 15.9 Å². The average molecular weight is 563 g/mol. The highest BCUT2D eigenvalue weighted by Crippen LogP contribution is 2.44. The zero-order chi connectivity index (χ0) is 29.0. The predicted octanol–water partition coefficient (Wildman–Crippen LogP) is 4.00. The number of carbonyl (C=O) groups excluding carboxylic acids is 1. The van der Waals surface area contributed by atoms with E-state index in [2.05, 4.69) is 17.1 Å². The molecular weight excluding hydrogens is 525 g/mol. The summed E-state index contributed by atoms with van der Waals surface area (Å²) in [5.74, 6) is 0.374. The van der Waals surface area contributed by atoms with Gasteiger partial charge < -0.3 is 24.9 Å². The van der Waals surface area contributed by atoms with Gasteiger partial charge in [-0.25, -0.2) is 9.78 Å². The second kappa shape index (κ2) is 9.97. The van der Waals surface area contributed by atoms with E-state index in [4.69, 9.17) is 9.72 Å². The van der Waals surface area contributed by atoms with Gasteiger partial charge in [-0.2, -0.15) is 17.8 Å². The van der Waals surface area contributed by atoms with Gasteiger partial charge in [-0.3, -0.25) is 4.79 Å². The molecule has 1 fully saturated rings. The molecule has 3 aliphatic rings. The molecule has 0 spiro atoms. The number of hydrogen-bond acceptors (Lipinski definition) is 7. The Hall–Kier alpha value is -3.28. The third-order valence-corrected chi connectivity index (χ3v) is 8.13. The Morgan fingerprint density at radius 3 is 2.45 bits per heavy atom. The molecule has 1 saturated heterocycles. The molecule has 4 heterocycles. The van der Waals surface area contributed by atoms with Crippen LogP contribution in [0, 0.1) is 5.41 Å². The molecule has 1 N–H and O–H groups in total. The van der Waals surface area contributed by atoms with Gasteiger partial charge in [0.25, 0.3) is 5.56 Å². The van der Waals surface area contributed by atoms with Gasteiger partial charge in [-0.1, -0.05) is 19.1 Å². The van der Waals surface area contributed by atoms with Crippen LogP contribution in [0.5, 0.6) is 0 Å². The van der Waals surface area contributed by atoms with Crippen LogP contribution in [0.4, 0.5) is 23.9 Å². The van der Waals surface area contributed by atoms with Crippen LogP contribution in [-0.4, -0.2) is 70.9 Å². The largest absolute Gasteiger partial charge is 0.444 e.